The van der Waals surface area contributed by atoms with Crippen LogP contribution in [0.1, 0.15) is 84.6 Å². The average Bonchev–Trinajstić information content (AvgIpc) is 0.795. The molecule has 14 aromatic carbocycles. The van der Waals surface area contributed by atoms with Crippen molar-refractivity contribution in [2.24, 2.45) is 0 Å². The van der Waals surface area contributed by atoms with Gasteiger partial charge in [-0.25, -0.2) is 0 Å². The van der Waals surface area contributed by atoms with Gasteiger partial charge in [0, 0.05) is 10.8 Å². The van der Waals surface area contributed by atoms with Crippen molar-refractivity contribution in [3.63, 3.8) is 0 Å². The van der Waals surface area contributed by atoms with E-state index in [-0.39, 0.29) is 59.8 Å². The van der Waals surface area contributed by atoms with E-state index >= 15 is 0 Å². The minimum absolute atomic E-state index is 0.0146. The predicted molar refractivity (Wildman–Crippen MR) is 422 cm³/mol. The Balaban J connectivity index is 0.000000134. The smallest absolute Gasteiger partial charge is 0.0619 e. The largest absolute Gasteiger partial charge is 0.174 e. The molecule has 14 rings (SSSR count). The number of rotatable bonds is 12. The van der Waals surface area contributed by atoms with E-state index in [0.717, 1.165) is 0 Å². The van der Waals surface area contributed by atoms with Crippen molar-refractivity contribution in [3.05, 3.63) is 386 Å². The fraction of sp³-hybridized carbons (Fsp3) is 0.140. The van der Waals surface area contributed by atoms with Crippen LogP contribution in [-0.4, -0.2) is 0 Å². The summed E-state index contributed by atoms with van der Waals surface area (Å²) in [5, 5.41) is 5.26. The molecular formula is C93H90S4+4. The summed E-state index contributed by atoms with van der Waals surface area (Å²) in [6.45, 7) is 22.6. The highest BCUT2D eigenvalue weighted by Crippen LogP contribution is 2.40. The third-order valence-electron chi connectivity index (χ3n) is 16.9. The zero-order valence-corrected chi connectivity index (χ0v) is 61.0. The molecule has 0 aliphatic rings. The van der Waals surface area contributed by atoms with E-state index in [0.29, 0.717) is 0 Å². The first-order chi connectivity index (χ1) is 47.0. The first kappa shape index (κ1) is 69.4. The van der Waals surface area contributed by atoms with Gasteiger partial charge in [0.15, 0.2) is 58.7 Å². The van der Waals surface area contributed by atoms with Crippen molar-refractivity contribution in [3.8, 4) is 0 Å². The van der Waals surface area contributed by atoms with E-state index in [1.807, 2.05) is 0 Å². The van der Waals surface area contributed by atoms with Crippen molar-refractivity contribution in [2.45, 2.75) is 144 Å². The van der Waals surface area contributed by atoms with Gasteiger partial charge in [0.05, 0.1) is 32.7 Å². The third-order valence-corrected chi connectivity index (χ3v) is 26.0. The van der Waals surface area contributed by atoms with Crippen LogP contribution in [0.2, 0.25) is 0 Å². The SMILES string of the molecule is CC(C)(C)c1ccc([S+](c2ccc(C(C)(C)C)cc2)c2ccc(C(C)(C)C)cc2)cc1.Cc1ccc([S+](c2ccccc2)c2ccccc2)cc1.c1ccc([S+](c2cccc3ccccc23)c2cccc3ccccc23)cc1.c1ccc([S+](c2ccccc2)c2ccccc2)cc1. The maximum atomic E-state index is 2.33. The number of fused-ring (bicyclic) bond motifs is 2. The molecule has 4 heteroatoms. The van der Waals surface area contributed by atoms with Crippen LogP contribution in [0.4, 0.5) is 0 Å². The molecule has 0 heterocycles. The van der Waals surface area contributed by atoms with Gasteiger partial charge in [-0.3, -0.25) is 0 Å². The van der Waals surface area contributed by atoms with E-state index in [4.69, 9.17) is 0 Å². The van der Waals surface area contributed by atoms with Crippen LogP contribution in [0.15, 0.2) is 423 Å². The molecule has 0 amide bonds. The average molecular weight is 1340 g/mol. The van der Waals surface area contributed by atoms with Gasteiger partial charge in [-0.1, -0.05) is 286 Å². The Morgan fingerprint density at radius 3 is 0.619 bits per heavy atom. The molecule has 0 atom stereocenters. The Bertz CT molecular complexity index is 4330. The zero-order valence-electron chi connectivity index (χ0n) is 57.8. The second-order valence-electron chi connectivity index (χ2n) is 27.2. The van der Waals surface area contributed by atoms with E-state index in [1.54, 1.807) is 0 Å². The Morgan fingerprint density at radius 2 is 0.371 bits per heavy atom. The molecule has 0 spiro atoms. The summed E-state index contributed by atoms with van der Waals surface area (Å²) >= 11 is 0. The molecular weight excluding hydrogens is 1250 g/mol. The Labute approximate surface area is 591 Å². The molecule has 0 bridgehead atoms. The lowest BCUT2D eigenvalue weighted by Gasteiger charge is -2.21. The summed E-state index contributed by atoms with van der Waals surface area (Å²) in [5.74, 6) is 0. The van der Waals surface area contributed by atoms with Crippen LogP contribution in [0.25, 0.3) is 21.5 Å². The second kappa shape index (κ2) is 32.4. The molecule has 0 fully saturated rings. The summed E-state index contributed by atoms with van der Waals surface area (Å²) in [4.78, 5) is 16.4. The first-order valence-electron chi connectivity index (χ1n) is 33.6. The van der Waals surface area contributed by atoms with Gasteiger partial charge in [-0.2, -0.15) is 0 Å². The number of aryl methyl sites for hydroxylation is 1. The fourth-order valence-electron chi connectivity index (χ4n) is 11.6. The number of benzene rings is 14. The highest BCUT2D eigenvalue weighted by Gasteiger charge is 2.34. The normalized spacial score (nSPS) is 11.6. The molecule has 0 aliphatic heterocycles. The van der Waals surface area contributed by atoms with Gasteiger partial charge in [0.2, 0.25) is 0 Å². The van der Waals surface area contributed by atoms with Gasteiger partial charge in [0.1, 0.15) is 10.9 Å². The Morgan fingerprint density at radius 1 is 0.175 bits per heavy atom. The molecule has 0 radical (unpaired) electrons. The summed E-state index contributed by atoms with van der Waals surface area (Å²) in [7, 11) is -0.321. The van der Waals surface area contributed by atoms with Crippen LogP contribution in [-0.2, 0) is 59.8 Å². The van der Waals surface area contributed by atoms with Crippen LogP contribution >= 0.6 is 0 Å². The zero-order chi connectivity index (χ0) is 67.8. The van der Waals surface area contributed by atoms with Gasteiger partial charge in [0.25, 0.3) is 0 Å². The quantitative estimate of drug-likeness (QED) is 0.107. The maximum absolute atomic E-state index is 2.33. The molecule has 0 aromatic heterocycles. The van der Waals surface area contributed by atoms with Crippen molar-refractivity contribution in [2.75, 3.05) is 0 Å². The van der Waals surface area contributed by atoms with Crippen molar-refractivity contribution in [1.82, 2.24) is 0 Å². The predicted octanol–water partition coefficient (Wildman–Crippen LogP) is 25.6. The highest BCUT2D eigenvalue weighted by atomic mass is 32.2. The molecule has 0 saturated heterocycles. The fourth-order valence-corrected chi connectivity index (χ4v) is 20.3. The monoisotopic (exact) mass is 1330 g/mol. The van der Waals surface area contributed by atoms with Crippen molar-refractivity contribution < 1.29 is 0 Å². The van der Waals surface area contributed by atoms with E-state index < -0.39 is 0 Å². The standard InChI is InChI=1S/C30H39S.C26H19S.C19H17S.C18H15S/c1-28(2,3)22-10-16-25(17-11-22)31(26-18-12-23(13-19-26)29(4,5)6)27-20-14-24(15-21-27)30(7,8)9;1-2-14-22(15-3-1)27(25-18-8-12-20-10-4-6-16-23(20)25)26-19-9-13-21-11-5-7-17-24(21)26;1-16-12-14-19(15-13-16)20(17-8-4-2-5-9-17)18-10-6-3-7-11-18;1-4-10-16(11-5-1)19(17-12-6-2-7-13-17)18-14-8-3-9-15-18/h10-21H,1-9H3;1-19H;2-15H,1H3;1-15H/q4*+1. The van der Waals surface area contributed by atoms with Gasteiger partial charge >= 0.3 is 0 Å². The van der Waals surface area contributed by atoms with Crippen LogP contribution in [0, 0.1) is 6.92 Å². The lowest BCUT2D eigenvalue weighted by Crippen LogP contribution is -2.13. The Kier molecular flexibility index (Phi) is 23.1. The van der Waals surface area contributed by atoms with Gasteiger partial charge in [-0.15, -0.1) is 0 Å². The van der Waals surface area contributed by atoms with Crippen LogP contribution in [0.3, 0.4) is 0 Å². The molecule has 14 aromatic rings. The second-order valence-corrected chi connectivity index (χ2v) is 35.2. The number of hydrogen-bond donors (Lipinski definition) is 0. The van der Waals surface area contributed by atoms with Crippen LogP contribution < -0.4 is 0 Å². The maximum Gasteiger partial charge on any atom is 0.174 e. The molecule has 0 aliphatic carbocycles. The Hall–Kier alpha value is -9.00. The van der Waals surface area contributed by atoms with Crippen molar-refractivity contribution in [1.29, 1.82) is 0 Å². The van der Waals surface area contributed by atoms with Gasteiger partial charge < -0.3 is 0 Å². The molecule has 97 heavy (non-hydrogen) atoms. The van der Waals surface area contributed by atoms with Crippen LogP contribution in [0.5, 0.6) is 0 Å². The first-order valence-corrected chi connectivity index (χ1v) is 38.5. The summed E-state index contributed by atoms with van der Waals surface area (Å²) < 4.78 is 0. The van der Waals surface area contributed by atoms with Crippen molar-refractivity contribution >= 4 is 65.1 Å². The van der Waals surface area contributed by atoms with E-state index in [9.17, 15) is 0 Å². The van der Waals surface area contributed by atoms with E-state index in [2.05, 4.69) is 433 Å². The summed E-state index contributed by atoms with van der Waals surface area (Å²) in [5.41, 5.74) is 5.95. The minimum Gasteiger partial charge on any atom is -0.0619 e. The topological polar surface area (TPSA) is 0 Å². The highest BCUT2D eigenvalue weighted by molar-refractivity contribution is 7.98. The molecule has 0 nitrogen and oxygen atoms in total. The van der Waals surface area contributed by atoms with E-state index in [1.165, 1.54) is 103 Å². The lowest BCUT2D eigenvalue weighted by atomic mass is 9.87. The molecule has 482 valence electrons. The molecule has 0 saturated carbocycles. The summed E-state index contributed by atoms with van der Waals surface area (Å²) in [6.07, 6.45) is 0. The minimum atomic E-state index is -0.164. The van der Waals surface area contributed by atoms with Gasteiger partial charge in [-0.05, 0) is 196 Å². The molecule has 0 unspecified atom stereocenters. The lowest BCUT2D eigenvalue weighted by molar-refractivity contribution is 0.589. The summed E-state index contributed by atoms with van der Waals surface area (Å²) in [6, 6.07) is 132. The molecule has 0 N–H and O–H groups in total. The third kappa shape index (κ3) is 18.0. The number of hydrogen-bond acceptors (Lipinski definition) is 0.